The lowest BCUT2D eigenvalue weighted by Crippen LogP contribution is -2.14. The van der Waals surface area contributed by atoms with Crippen molar-refractivity contribution in [1.82, 2.24) is 5.73 Å². The van der Waals surface area contributed by atoms with Gasteiger partial charge in [-0.2, -0.15) is 11.8 Å². The van der Waals surface area contributed by atoms with Gasteiger partial charge in [0.1, 0.15) is 0 Å². The first-order chi connectivity index (χ1) is 3.93. The smallest absolute Gasteiger partial charge is 0.0219 e. The Morgan fingerprint density at radius 2 is 2.38 bits per heavy atom. The Bertz CT molecular complexity index is 59.5. The van der Waals surface area contributed by atoms with Gasteiger partial charge < -0.3 is 0 Å². The van der Waals surface area contributed by atoms with Crippen LogP contribution in [0.15, 0.2) is 0 Å². The quantitative estimate of drug-likeness (QED) is 0.528. The normalized spacial score (nSPS) is 30.4. The van der Waals surface area contributed by atoms with Crippen LogP contribution >= 0.6 is 11.8 Å². The molecule has 1 aliphatic heterocycles. The van der Waals surface area contributed by atoms with Crippen molar-refractivity contribution in [3.05, 3.63) is 0 Å². The van der Waals surface area contributed by atoms with E-state index in [0.29, 0.717) is 11.8 Å². The van der Waals surface area contributed by atoms with E-state index in [-0.39, 0.29) is 0 Å². The molecule has 1 atom stereocenters. The highest BCUT2D eigenvalue weighted by atomic mass is 32.2. The van der Waals surface area contributed by atoms with Gasteiger partial charge in [-0.15, -0.1) is 0 Å². The van der Waals surface area contributed by atoms with Crippen LogP contribution in [-0.4, -0.2) is 17.5 Å². The molecule has 0 bridgehead atoms. The van der Waals surface area contributed by atoms with Crippen LogP contribution in [0.2, 0.25) is 0 Å². The molecule has 0 aromatic rings. The van der Waals surface area contributed by atoms with Crippen LogP contribution in [0.3, 0.4) is 0 Å². The first-order valence-electron chi connectivity index (χ1n) is 3.19. The minimum Gasteiger partial charge on any atom is -0.257 e. The molecule has 1 fully saturated rings. The summed E-state index contributed by atoms with van der Waals surface area (Å²) in [5.74, 6) is 1.30. The fourth-order valence-electron chi connectivity index (χ4n) is 0.968. The lowest BCUT2D eigenvalue weighted by Gasteiger charge is -2.18. The van der Waals surface area contributed by atoms with Crippen LogP contribution in [0.4, 0.5) is 0 Å². The van der Waals surface area contributed by atoms with E-state index in [1.54, 1.807) is 0 Å². The Balaban J connectivity index is 2.13. The maximum absolute atomic E-state index is 7.08. The fourth-order valence-corrected chi connectivity index (χ4v) is 2.12. The molecule has 1 saturated heterocycles. The average molecular weight is 130 g/mol. The van der Waals surface area contributed by atoms with Gasteiger partial charge in [0, 0.05) is 11.8 Å². The van der Waals surface area contributed by atoms with Gasteiger partial charge in [-0.25, -0.2) is 0 Å². The van der Waals surface area contributed by atoms with Crippen LogP contribution in [0.25, 0.3) is 0 Å². The average Bonchev–Trinajstić information content (AvgIpc) is 1.90. The molecule has 47 valence electrons. The van der Waals surface area contributed by atoms with Crippen LogP contribution < -0.4 is 5.73 Å². The van der Waals surface area contributed by atoms with Crippen molar-refractivity contribution in [3.63, 3.8) is 0 Å². The van der Waals surface area contributed by atoms with E-state index in [4.69, 9.17) is 5.73 Å². The highest BCUT2D eigenvalue weighted by Crippen LogP contribution is 2.23. The molecule has 1 rings (SSSR count). The molecule has 1 unspecified atom stereocenters. The summed E-state index contributed by atoms with van der Waals surface area (Å²) < 4.78 is 0. The summed E-state index contributed by atoms with van der Waals surface area (Å²) in [5, 5.41) is 0.670. The molecule has 2 heteroatoms. The van der Waals surface area contributed by atoms with Crippen molar-refractivity contribution in [2.75, 3.05) is 12.3 Å². The van der Waals surface area contributed by atoms with E-state index >= 15 is 0 Å². The first kappa shape index (κ1) is 6.43. The fraction of sp³-hybridized carbons (Fsp3) is 1.00. The number of hydrogen-bond acceptors (Lipinski definition) is 1. The number of hydrogen-bond donors (Lipinski definition) is 0. The molecule has 0 aromatic carbocycles. The second kappa shape index (κ2) is 3.36. The zero-order valence-electron chi connectivity index (χ0n) is 5.02. The molecule has 0 saturated carbocycles. The summed E-state index contributed by atoms with van der Waals surface area (Å²) in [6, 6.07) is 0. The molecule has 0 aliphatic carbocycles. The second-order valence-electron chi connectivity index (χ2n) is 2.19. The van der Waals surface area contributed by atoms with Crippen molar-refractivity contribution in [3.8, 4) is 0 Å². The minimum absolute atomic E-state index is 0.630. The highest BCUT2D eigenvalue weighted by Gasteiger charge is 2.10. The predicted octanol–water partition coefficient (Wildman–Crippen LogP) is 1.55. The van der Waals surface area contributed by atoms with Crippen molar-refractivity contribution in [2.45, 2.75) is 24.5 Å². The Morgan fingerprint density at radius 3 is 2.75 bits per heavy atom. The minimum atomic E-state index is 0.630. The Hall–Kier alpha value is 0.310. The number of nitrogens with one attached hydrogen (secondary N) is 1. The van der Waals surface area contributed by atoms with Crippen LogP contribution in [0.5, 0.6) is 0 Å². The lowest BCUT2D eigenvalue weighted by molar-refractivity contribution is 0.663. The SMILES string of the molecule is [NH]CC1CCCCS1. The van der Waals surface area contributed by atoms with Crippen LogP contribution in [-0.2, 0) is 0 Å². The van der Waals surface area contributed by atoms with E-state index in [0.717, 1.165) is 0 Å². The van der Waals surface area contributed by atoms with Crippen molar-refractivity contribution < 1.29 is 0 Å². The highest BCUT2D eigenvalue weighted by molar-refractivity contribution is 7.99. The summed E-state index contributed by atoms with van der Waals surface area (Å²) >= 11 is 1.98. The van der Waals surface area contributed by atoms with Gasteiger partial charge in [0.2, 0.25) is 0 Å². The first-order valence-corrected chi connectivity index (χ1v) is 4.24. The molecule has 1 heterocycles. The monoisotopic (exact) mass is 130 g/mol. The van der Waals surface area contributed by atoms with Crippen molar-refractivity contribution >= 4 is 11.8 Å². The molecule has 0 spiro atoms. The Kier molecular flexibility index (Phi) is 2.70. The van der Waals surface area contributed by atoms with Gasteiger partial charge in [0.25, 0.3) is 0 Å². The van der Waals surface area contributed by atoms with Crippen LogP contribution in [0, 0.1) is 0 Å². The predicted molar refractivity (Wildman–Crippen MR) is 38.1 cm³/mol. The van der Waals surface area contributed by atoms with E-state index in [9.17, 15) is 0 Å². The van der Waals surface area contributed by atoms with E-state index in [2.05, 4.69) is 0 Å². The van der Waals surface area contributed by atoms with Crippen LogP contribution in [0.1, 0.15) is 19.3 Å². The lowest BCUT2D eigenvalue weighted by atomic mass is 10.2. The van der Waals surface area contributed by atoms with E-state index < -0.39 is 0 Å². The standard InChI is InChI=1S/C6H12NS/c7-5-6-3-1-2-4-8-6/h6-7H,1-5H2. The molecule has 1 radical (unpaired) electrons. The van der Waals surface area contributed by atoms with E-state index in [1.807, 2.05) is 11.8 Å². The molecule has 8 heavy (non-hydrogen) atoms. The van der Waals surface area contributed by atoms with Crippen molar-refractivity contribution in [1.29, 1.82) is 0 Å². The zero-order valence-corrected chi connectivity index (χ0v) is 5.84. The number of rotatable bonds is 1. The Morgan fingerprint density at radius 1 is 1.50 bits per heavy atom. The topological polar surface area (TPSA) is 23.8 Å². The van der Waals surface area contributed by atoms with Gasteiger partial charge in [0.05, 0.1) is 0 Å². The summed E-state index contributed by atoms with van der Waals surface area (Å²) in [7, 11) is 0. The maximum Gasteiger partial charge on any atom is 0.0219 e. The van der Waals surface area contributed by atoms with Gasteiger partial charge in [0.15, 0.2) is 0 Å². The molecule has 1 nitrogen and oxygen atoms in total. The van der Waals surface area contributed by atoms with E-state index in [1.165, 1.54) is 25.0 Å². The maximum atomic E-state index is 7.08. The molecule has 0 aromatic heterocycles. The largest absolute Gasteiger partial charge is 0.257 e. The van der Waals surface area contributed by atoms with Crippen molar-refractivity contribution in [2.24, 2.45) is 0 Å². The summed E-state index contributed by atoms with van der Waals surface area (Å²) in [6.45, 7) is 0.630. The molecular formula is C6H12NS. The third kappa shape index (κ3) is 1.67. The molecule has 1 aliphatic rings. The molecule has 0 amide bonds. The van der Waals surface area contributed by atoms with Gasteiger partial charge in [-0.05, 0) is 18.6 Å². The Labute approximate surface area is 55.0 Å². The molecular weight excluding hydrogens is 118 g/mol. The third-order valence-corrected chi connectivity index (χ3v) is 2.90. The third-order valence-electron chi connectivity index (χ3n) is 1.50. The number of thioether (sulfide) groups is 1. The van der Waals surface area contributed by atoms with Gasteiger partial charge in [-0.3, -0.25) is 5.73 Å². The molecule has 1 N–H and O–H groups in total. The van der Waals surface area contributed by atoms with Gasteiger partial charge >= 0.3 is 0 Å². The zero-order chi connectivity index (χ0) is 5.82. The summed E-state index contributed by atoms with van der Waals surface area (Å²) in [4.78, 5) is 0. The van der Waals surface area contributed by atoms with Gasteiger partial charge in [-0.1, -0.05) is 6.42 Å². The summed E-state index contributed by atoms with van der Waals surface area (Å²) in [6.07, 6.45) is 4.02. The summed E-state index contributed by atoms with van der Waals surface area (Å²) in [5.41, 5.74) is 7.08. The second-order valence-corrected chi connectivity index (χ2v) is 3.60.